The molecule has 2 aliphatic rings. The van der Waals surface area contributed by atoms with Crippen LogP contribution >= 0.6 is 0 Å². The van der Waals surface area contributed by atoms with E-state index >= 15 is 0 Å². The molecule has 2 rings (SSSR count). The van der Waals surface area contributed by atoms with Crippen LogP contribution in [0.1, 0.15) is 52.9 Å². The van der Waals surface area contributed by atoms with E-state index in [-0.39, 0.29) is 0 Å². The number of hydrogen-bond donors (Lipinski definition) is 1. The second kappa shape index (κ2) is 4.18. The van der Waals surface area contributed by atoms with Gasteiger partial charge in [0.05, 0.1) is 5.60 Å². The lowest BCUT2D eigenvalue weighted by molar-refractivity contribution is -0.0963. The van der Waals surface area contributed by atoms with Crippen molar-refractivity contribution in [2.45, 2.75) is 58.5 Å². The summed E-state index contributed by atoms with van der Waals surface area (Å²) in [6.07, 6.45) is 5.62. The van der Waals surface area contributed by atoms with Gasteiger partial charge in [-0.15, -0.1) is 0 Å². The first-order chi connectivity index (χ1) is 7.42. The van der Waals surface area contributed by atoms with Gasteiger partial charge in [-0.3, -0.25) is 0 Å². The molecule has 4 atom stereocenters. The fourth-order valence-corrected chi connectivity index (χ4v) is 4.06. The van der Waals surface area contributed by atoms with Crippen LogP contribution in [0.5, 0.6) is 0 Å². The summed E-state index contributed by atoms with van der Waals surface area (Å²) in [5.41, 5.74) is 0.987. The zero-order valence-electron chi connectivity index (χ0n) is 11.0. The minimum atomic E-state index is -0.420. The number of fused-ring (bicyclic) bond motifs is 1. The van der Waals surface area contributed by atoms with Crippen molar-refractivity contribution >= 4 is 0 Å². The van der Waals surface area contributed by atoms with Gasteiger partial charge >= 0.3 is 0 Å². The molecule has 1 heteroatoms. The quantitative estimate of drug-likeness (QED) is 0.669. The van der Waals surface area contributed by atoms with Gasteiger partial charge in [0.1, 0.15) is 0 Å². The Morgan fingerprint density at radius 3 is 2.69 bits per heavy atom. The van der Waals surface area contributed by atoms with E-state index in [0.717, 1.165) is 37.5 Å². The lowest BCUT2D eigenvalue weighted by Crippen LogP contribution is -2.49. The molecule has 16 heavy (non-hydrogen) atoms. The standard InChI is InChI=1S/C15H26O/c1-10(2)12-7-8-15(4,16)14-6-5-11(3)9-13(12)14/h10,12-14,16H,3,5-9H2,1-2,4H3/t12-,13?,14?,15+/m1/s1. The van der Waals surface area contributed by atoms with E-state index in [1.807, 2.05) is 0 Å². The maximum atomic E-state index is 10.5. The Kier molecular flexibility index (Phi) is 3.18. The molecular weight excluding hydrogens is 196 g/mol. The molecule has 2 fully saturated rings. The molecule has 2 saturated carbocycles. The van der Waals surface area contributed by atoms with Crippen molar-refractivity contribution in [2.75, 3.05) is 0 Å². The molecule has 0 aromatic rings. The Morgan fingerprint density at radius 1 is 1.38 bits per heavy atom. The summed E-state index contributed by atoms with van der Waals surface area (Å²) in [5.74, 6) is 2.74. The van der Waals surface area contributed by atoms with Crippen LogP contribution in [0.3, 0.4) is 0 Å². The first-order valence-corrected chi connectivity index (χ1v) is 6.81. The minimum absolute atomic E-state index is 0.420. The molecule has 0 saturated heterocycles. The summed E-state index contributed by atoms with van der Waals surface area (Å²) in [7, 11) is 0. The molecule has 2 unspecified atom stereocenters. The molecule has 0 aromatic carbocycles. The topological polar surface area (TPSA) is 20.2 Å². The summed E-state index contributed by atoms with van der Waals surface area (Å²) in [5, 5.41) is 10.5. The van der Waals surface area contributed by atoms with Crippen molar-refractivity contribution in [2.24, 2.45) is 23.7 Å². The Bertz CT molecular complexity index is 277. The highest BCUT2D eigenvalue weighted by Crippen LogP contribution is 2.51. The fraction of sp³-hybridized carbons (Fsp3) is 0.867. The number of allylic oxidation sites excluding steroid dienone is 1. The van der Waals surface area contributed by atoms with Crippen LogP contribution in [0.4, 0.5) is 0 Å². The lowest BCUT2D eigenvalue weighted by Gasteiger charge is -2.51. The predicted molar refractivity (Wildman–Crippen MR) is 68.2 cm³/mol. The van der Waals surface area contributed by atoms with Crippen LogP contribution in [0, 0.1) is 23.7 Å². The van der Waals surface area contributed by atoms with Crippen LogP contribution in [-0.4, -0.2) is 10.7 Å². The van der Waals surface area contributed by atoms with Gasteiger partial charge in [-0.05, 0) is 62.7 Å². The van der Waals surface area contributed by atoms with Crippen LogP contribution in [0.25, 0.3) is 0 Å². The van der Waals surface area contributed by atoms with Crippen molar-refractivity contribution < 1.29 is 5.11 Å². The van der Waals surface area contributed by atoms with E-state index < -0.39 is 5.60 Å². The van der Waals surface area contributed by atoms with E-state index in [0.29, 0.717) is 11.8 Å². The number of aliphatic hydroxyl groups is 1. The van der Waals surface area contributed by atoms with Crippen LogP contribution in [0.15, 0.2) is 12.2 Å². The smallest absolute Gasteiger partial charge is 0.0650 e. The minimum Gasteiger partial charge on any atom is -0.390 e. The Balaban J connectivity index is 2.21. The first kappa shape index (κ1) is 12.2. The molecular formula is C15H26O. The van der Waals surface area contributed by atoms with Gasteiger partial charge in [-0.25, -0.2) is 0 Å². The zero-order chi connectivity index (χ0) is 11.9. The van der Waals surface area contributed by atoms with Gasteiger partial charge in [0.25, 0.3) is 0 Å². The van der Waals surface area contributed by atoms with Crippen molar-refractivity contribution in [1.29, 1.82) is 0 Å². The summed E-state index contributed by atoms with van der Waals surface area (Å²) < 4.78 is 0. The highest BCUT2D eigenvalue weighted by molar-refractivity contribution is 5.08. The molecule has 92 valence electrons. The van der Waals surface area contributed by atoms with Crippen molar-refractivity contribution in [3.8, 4) is 0 Å². The third-order valence-electron chi connectivity index (χ3n) is 5.04. The normalized spacial score (nSPS) is 44.6. The number of hydrogen-bond acceptors (Lipinski definition) is 1. The highest BCUT2D eigenvalue weighted by Gasteiger charge is 2.47. The molecule has 0 aromatic heterocycles. The summed E-state index contributed by atoms with van der Waals surface area (Å²) in [6, 6.07) is 0. The van der Waals surface area contributed by atoms with E-state index in [9.17, 15) is 5.11 Å². The summed E-state index contributed by atoms with van der Waals surface area (Å²) in [4.78, 5) is 0. The Labute approximate surface area is 99.9 Å². The van der Waals surface area contributed by atoms with E-state index in [2.05, 4.69) is 27.4 Å². The third kappa shape index (κ3) is 2.07. The van der Waals surface area contributed by atoms with Gasteiger partial charge in [0, 0.05) is 0 Å². The lowest BCUT2D eigenvalue weighted by atomic mass is 9.57. The molecule has 0 spiro atoms. The van der Waals surface area contributed by atoms with Crippen molar-refractivity contribution in [3.05, 3.63) is 12.2 Å². The monoisotopic (exact) mass is 222 g/mol. The van der Waals surface area contributed by atoms with Gasteiger partial charge in [-0.2, -0.15) is 0 Å². The third-order valence-corrected chi connectivity index (χ3v) is 5.04. The maximum absolute atomic E-state index is 10.5. The zero-order valence-corrected chi connectivity index (χ0v) is 11.0. The van der Waals surface area contributed by atoms with Crippen molar-refractivity contribution in [1.82, 2.24) is 0 Å². The predicted octanol–water partition coefficient (Wildman–Crippen LogP) is 3.78. The Hall–Kier alpha value is -0.300. The molecule has 0 bridgehead atoms. The second-order valence-electron chi connectivity index (χ2n) is 6.57. The van der Waals surface area contributed by atoms with E-state index in [4.69, 9.17) is 0 Å². The molecule has 0 radical (unpaired) electrons. The average molecular weight is 222 g/mol. The largest absolute Gasteiger partial charge is 0.390 e. The summed E-state index contributed by atoms with van der Waals surface area (Å²) >= 11 is 0. The molecule has 0 aliphatic heterocycles. The molecule has 2 aliphatic carbocycles. The van der Waals surface area contributed by atoms with Crippen molar-refractivity contribution in [3.63, 3.8) is 0 Å². The molecule has 0 heterocycles. The van der Waals surface area contributed by atoms with E-state index in [1.165, 1.54) is 12.0 Å². The second-order valence-corrected chi connectivity index (χ2v) is 6.57. The maximum Gasteiger partial charge on any atom is 0.0650 e. The molecule has 1 nitrogen and oxygen atoms in total. The van der Waals surface area contributed by atoms with Gasteiger partial charge in [0.2, 0.25) is 0 Å². The highest BCUT2D eigenvalue weighted by atomic mass is 16.3. The van der Waals surface area contributed by atoms with Crippen LogP contribution < -0.4 is 0 Å². The van der Waals surface area contributed by atoms with Crippen LogP contribution in [0.2, 0.25) is 0 Å². The van der Waals surface area contributed by atoms with Gasteiger partial charge < -0.3 is 5.11 Å². The fourth-order valence-electron chi connectivity index (χ4n) is 4.06. The summed E-state index contributed by atoms with van der Waals surface area (Å²) in [6.45, 7) is 10.9. The first-order valence-electron chi connectivity index (χ1n) is 6.81. The average Bonchev–Trinajstić information content (AvgIpc) is 2.16. The van der Waals surface area contributed by atoms with Crippen LogP contribution in [-0.2, 0) is 0 Å². The Morgan fingerprint density at radius 2 is 2.06 bits per heavy atom. The number of rotatable bonds is 1. The van der Waals surface area contributed by atoms with Gasteiger partial charge in [0.15, 0.2) is 0 Å². The van der Waals surface area contributed by atoms with E-state index in [1.54, 1.807) is 0 Å². The molecule has 1 N–H and O–H groups in total. The SMILES string of the molecule is C=C1CCC2C(C1)[C@@H](C(C)C)CC[C@]2(C)O. The molecule has 0 amide bonds. The van der Waals surface area contributed by atoms with Gasteiger partial charge in [-0.1, -0.05) is 26.0 Å².